The number of benzene rings is 5. The van der Waals surface area contributed by atoms with Crippen LogP contribution in [0.2, 0.25) is 0 Å². The summed E-state index contributed by atoms with van der Waals surface area (Å²) in [5.74, 6) is 0. The molecule has 0 aliphatic carbocycles. The van der Waals surface area contributed by atoms with Crippen LogP contribution in [0.5, 0.6) is 0 Å². The summed E-state index contributed by atoms with van der Waals surface area (Å²) in [5, 5.41) is 7.99. The first-order valence-corrected chi connectivity index (χ1v) is 9.70. The summed E-state index contributed by atoms with van der Waals surface area (Å²) >= 11 is 0. The summed E-state index contributed by atoms with van der Waals surface area (Å²) in [6, 6.07) is 26.9. The van der Waals surface area contributed by atoms with Crippen LogP contribution in [0.1, 0.15) is 0 Å². The third kappa shape index (κ3) is 2.41. The van der Waals surface area contributed by atoms with Crippen LogP contribution in [0.3, 0.4) is 0 Å². The van der Waals surface area contributed by atoms with E-state index in [-0.39, 0.29) is 0 Å². The Bertz CT molecular complexity index is 1300. The number of nitrogens with zero attached hydrogens (tertiary/aromatic N) is 2. The van der Waals surface area contributed by atoms with E-state index in [1.54, 1.807) is 0 Å². The summed E-state index contributed by atoms with van der Waals surface area (Å²) in [4.78, 5) is 4.34. The molecule has 2 heteroatoms. The molecule has 0 saturated heterocycles. The van der Waals surface area contributed by atoms with E-state index in [9.17, 15) is 0 Å². The van der Waals surface area contributed by atoms with Gasteiger partial charge in [-0.1, -0.05) is 54.6 Å². The minimum absolute atomic E-state index is 1.22. The molecule has 0 aromatic heterocycles. The molecular weight excluding hydrogens is 340 g/mol. The second-order valence-electron chi connectivity index (χ2n) is 7.96. The average Bonchev–Trinajstić information content (AvgIpc) is 2.71. The van der Waals surface area contributed by atoms with Crippen molar-refractivity contribution >= 4 is 43.7 Å². The van der Waals surface area contributed by atoms with Crippen LogP contribution in [-0.4, -0.2) is 28.2 Å². The fourth-order valence-corrected chi connectivity index (χ4v) is 4.37. The topological polar surface area (TPSA) is 6.48 Å². The minimum atomic E-state index is 1.22. The first kappa shape index (κ1) is 16.9. The number of hydrogen-bond acceptors (Lipinski definition) is 2. The number of rotatable bonds is 3. The molecule has 28 heavy (non-hydrogen) atoms. The van der Waals surface area contributed by atoms with E-state index in [0.29, 0.717) is 0 Å². The molecule has 0 unspecified atom stereocenters. The number of anilines is 2. The summed E-state index contributed by atoms with van der Waals surface area (Å²) in [6.07, 6.45) is 0. The van der Waals surface area contributed by atoms with Gasteiger partial charge in [0, 0.05) is 45.0 Å². The smallest absolute Gasteiger partial charge is 0.0441 e. The van der Waals surface area contributed by atoms with E-state index in [0.717, 1.165) is 0 Å². The van der Waals surface area contributed by atoms with Crippen LogP contribution < -0.4 is 9.80 Å². The van der Waals surface area contributed by atoms with E-state index >= 15 is 0 Å². The lowest BCUT2D eigenvalue weighted by Gasteiger charge is -2.20. The van der Waals surface area contributed by atoms with Crippen molar-refractivity contribution in [3.8, 4) is 11.1 Å². The molecule has 0 bridgehead atoms. The first-order chi connectivity index (χ1) is 13.5. The zero-order valence-electron chi connectivity index (χ0n) is 16.8. The van der Waals surface area contributed by atoms with Gasteiger partial charge in [-0.2, -0.15) is 0 Å². The predicted octanol–water partition coefficient (Wildman–Crippen LogP) is 6.38. The van der Waals surface area contributed by atoms with Gasteiger partial charge in [0.1, 0.15) is 0 Å². The average molecular weight is 364 g/mol. The van der Waals surface area contributed by atoms with Gasteiger partial charge in [-0.3, -0.25) is 0 Å². The lowest BCUT2D eigenvalue weighted by molar-refractivity contribution is 1.13. The van der Waals surface area contributed by atoms with Crippen molar-refractivity contribution < 1.29 is 0 Å². The fourth-order valence-electron chi connectivity index (χ4n) is 4.37. The molecule has 5 aromatic rings. The van der Waals surface area contributed by atoms with E-state index in [1.165, 1.54) is 54.8 Å². The Morgan fingerprint density at radius 3 is 1.71 bits per heavy atom. The molecule has 0 aliphatic heterocycles. The maximum absolute atomic E-state index is 2.29. The predicted molar refractivity (Wildman–Crippen MR) is 124 cm³/mol. The molecule has 0 N–H and O–H groups in total. The molecular formula is C26H24N2. The number of hydrogen-bond donors (Lipinski definition) is 0. The molecule has 0 fully saturated rings. The summed E-state index contributed by atoms with van der Waals surface area (Å²) in [6.45, 7) is 0. The molecule has 0 amide bonds. The maximum atomic E-state index is 2.29. The second kappa shape index (κ2) is 6.13. The molecule has 5 aromatic carbocycles. The third-order valence-corrected chi connectivity index (χ3v) is 5.82. The normalized spacial score (nSPS) is 11.6. The van der Waals surface area contributed by atoms with E-state index in [4.69, 9.17) is 0 Å². The highest BCUT2D eigenvalue weighted by Crippen LogP contribution is 2.41. The Morgan fingerprint density at radius 2 is 1.07 bits per heavy atom. The Kier molecular flexibility index (Phi) is 3.70. The van der Waals surface area contributed by atoms with Gasteiger partial charge in [0.25, 0.3) is 0 Å². The zero-order valence-corrected chi connectivity index (χ0v) is 16.8. The van der Waals surface area contributed by atoms with Crippen molar-refractivity contribution in [3.05, 3.63) is 72.8 Å². The molecule has 0 aliphatic rings. The van der Waals surface area contributed by atoms with Crippen LogP contribution in [0, 0.1) is 0 Å². The van der Waals surface area contributed by atoms with Crippen LogP contribution in [0.15, 0.2) is 72.8 Å². The van der Waals surface area contributed by atoms with Crippen LogP contribution in [-0.2, 0) is 0 Å². The van der Waals surface area contributed by atoms with Gasteiger partial charge < -0.3 is 9.80 Å². The van der Waals surface area contributed by atoms with Crippen molar-refractivity contribution in [3.63, 3.8) is 0 Å². The van der Waals surface area contributed by atoms with Crippen LogP contribution >= 0.6 is 0 Å². The molecule has 138 valence electrons. The molecule has 0 radical (unpaired) electrons. The maximum Gasteiger partial charge on any atom is 0.0441 e. The van der Waals surface area contributed by atoms with Crippen LogP contribution in [0.4, 0.5) is 11.4 Å². The standard InChI is InChI=1S/C26H24N2/c1-27(2)20-11-5-17(6-12-20)21-13-7-18-9-15-23-24(28(3)4)16-10-19-8-14-22(21)25(18)26(19)23/h5-16H,1-4H3. The minimum Gasteiger partial charge on any atom is -0.378 e. The van der Waals surface area contributed by atoms with E-state index in [1.807, 2.05) is 0 Å². The van der Waals surface area contributed by atoms with E-state index in [2.05, 4.69) is 111 Å². The van der Waals surface area contributed by atoms with Gasteiger partial charge in [-0.05, 0) is 56.3 Å². The van der Waals surface area contributed by atoms with Crippen molar-refractivity contribution in [2.24, 2.45) is 0 Å². The van der Waals surface area contributed by atoms with Crippen molar-refractivity contribution in [1.29, 1.82) is 0 Å². The van der Waals surface area contributed by atoms with Gasteiger partial charge in [0.15, 0.2) is 0 Å². The van der Waals surface area contributed by atoms with Gasteiger partial charge in [0.2, 0.25) is 0 Å². The highest BCUT2D eigenvalue weighted by molar-refractivity contribution is 6.27. The molecule has 5 rings (SSSR count). The first-order valence-electron chi connectivity index (χ1n) is 9.70. The SMILES string of the molecule is CN(C)c1ccc(-c2ccc3ccc4c(N(C)C)ccc5ccc2c3c54)cc1. The second-order valence-corrected chi connectivity index (χ2v) is 7.96. The molecule has 0 saturated carbocycles. The molecule has 0 spiro atoms. The highest BCUT2D eigenvalue weighted by atomic mass is 15.1. The molecule has 0 heterocycles. The molecule has 0 atom stereocenters. The lowest BCUT2D eigenvalue weighted by Crippen LogP contribution is -2.09. The fraction of sp³-hybridized carbons (Fsp3) is 0.154. The van der Waals surface area contributed by atoms with Gasteiger partial charge in [-0.15, -0.1) is 0 Å². The van der Waals surface area contributed by atoms with Crippen molar-refractivity contribution in [2.75, 3.05) is 38.0 Å². The largest absolute Gasteiger partial charge is 0.378 e. The lowest BCUT2D eigenvalue weighted by atomic mass is 9.89. The van der Waals surface area contributed by atoms with Gasteiger partial charge >= 0.3 is 0 Å². The van der Waals surface area contributed by atoms with Crippen molar-refractivity contribution in [2.45, 2.75) is 0 Å². The van der Waals surface area contributed by atoms with Crippen LogP contribution in [0.25, 0.3) is 43.4 Å². The highest BCUT2D eigenvalue weighted by Gasteiger charge is 2.14. The zero-order chi connectivity index (χ0) is 19.4. The van der Waals surface area contributed by atoms with Crippen molar-refractivity contribution in [1.82, 2.24) is 0 Å². The Balaban J connectivity index is 1.84. The summed E-state index contributed by atoms with van der Waals surface area (Å²) in [5.41, 5.74) is 5.04. The summed E-state index contributed by atoms with van der Waals surface area (Å²) < 4.78 is 0. The Morgan fingerprint density at radius 1 is 0.500 bits per heavy atom. The molecule has 2 nitrogen and oxygen atoms in total. The summed E-state index contributed by atoms with van der Waals surface area (Å²) in [7, 11) is 8.38. The van der Waals surface area contributed by atoms with Gasteiger partial charge in [0.05, 0.1) is 0 Å². The Hall–Kier alpha value is -3.26. The third-order valence-electron chi connectivity index (χ3n) is 5.82. The monoisotopic (exact) mass is 364 g/mol. The van der Waals surface area contributed by atoms with Gasteiger partial charge in [-0.25, -0.2) is 0 Å². The van der Waals surface area contributed by atoms with E-state index < -0.39 is 0 Å². The Labute approximate surface area is 165 Å². The quantitative estimate of drug-likeness (QED) is 0.343.